The number of rotatable bonds is 9. The molecule has 303 valence electrons. The molecule has 0 atom stereocenters. The Balaban J connectivity index is 0. The molecule has 2 heterocycles. The molecule has 58 heavy (non-hydrogen) atoms. The maximum absolute atomic E-state index is 12.2. The van der Waals surface area contributed by atoms with Crippen molar-refractivity contribution >= 4 is 49.8 Å². The van der Waals surface area contributed by atoms with E-state index in [-0.39, 0.29) is 65.7 Å². The van der Waals surface area contributed by atoms with E-state index in [4.69, 9.17) is 24.2 Å². The Bertz CT molecular complexity index is 2080. The molecule has 0 aliphatic rings. The first-order chi connectivity index (χ1) is 26.1. The number of anilines is 2. The quantitative estimate of drug-likeness (QED) is 0.145. The van der Waals surface area contributed by atoms with Gasteiger partial charge in [0.25, 0.3) is 11.4 Å². The number of carbonyl (C=O) groups is 2. The number of hydrogen-bond donors (Lipinski definition) is 1. The average molecular weight is 796 g/mol. The number of aromatic nitrogens is 4. The van der Waals surface area contributed by atoms with Gasteiger partial charge in [0.2, 0.25) is 0 Å². The Kier molecular flexibility index (Phi) is 20.8. The van der Waals surface area contributed by atoms with Gasteiger partial charge in [-0.3, -0.25) is 30.0 Å². The molecule has 0 unspecified atom stereocenters. The summed E-state index contributed by atoms with van der Waals surface area (Å²) in [5, 5.41) is 31.7. The summed E-state index contributed by atoms with van der Waals surface area (Å²) in [6.45, 7) is 12.1. The van der Waals surface area contributed by atoms with Crippen molar-refractivity contribution in [1.82, 2.24) is 19.9 Å². The van der Waals surface area contributed by atoms with E-state index in [1.54, 1.807) is 85.8 Å². The monoisotopic (exact) mass is 795 g/mol. The van der Waals surface area contributed by atoms with Crippen molar-refractivity contribution in [2.75, 3.05) is 23.9 Å². The summed E-state index contributed by atoms with van der Waals surface area (Å²) in [6, 6.07) is 12.8. The maximum atomic E-state index is 12.2. The van der Waals surface area contributed by atoms with E-state index in [2.05, 4.69) is 19.9 Å². The molecule has 2 aromatic heterocycles. The van der Waals surface area contributed by atoms with E-state index in [0.29, 0.717) is 39.7 Å². The number of hydrogen-bond acceptors (Lipinski definition) is 15. The Hall–Kier alpha value is -6.06. The molecule has 2 amide bonds. The van der Waals surface area contributed by atoms with Crippen molar-refractivity contribution < 1.29 is 63.9 Å². The number of aryl methyl sites for hydroxylation is 1. The second kappa shape index (κ2) is 23.2. The van der Waals surface area contributed by atoms with Gasteiger partial charge in [-0.05, 0) is 59.6 Å². The van der Waals surface area contributed by atoms with Crippen LogP contribution in [0.4, 0.5) is 32.6 Å². The van der Waals surface area contributed by atoms with Gasteiger partial charge in [0.05, 0.1) is 27.8 Å². The molecule has 2 aromatic carbocycles. The molecule has 21 heteroatoms. The first-order valence-corrected chi connectivity index (χ1v) is 16.7. The van der Waals surface area contributed by atoms with E-state index < -0.39 is 33.2 Å². The molecular weight excluding hydrogens is 750 g/mol. The number of carbonyl (C=O) groups excluding carboxylic acids is 4. The van der Waals surface area contributed by atoms with E-state index in [0.717, 1.165) is 5.56 Å². The van der Waals surface area contributed by atoms with Gasteiger partial charge >= 0.3 is 37.2 Å². The maximum Gasteiger partial charge on any atom is 1.00 e. The topological polar surface area (TPSA) is 251 Å². The van der Waals surface area contributed by atoms with E-state index >= 15 is 0 Å². The first kappa shape index (κ1) is 51.9. The molecule has 0 saturated heterocycles. The molecule has 0 bridgehead atoms. The number of ether oxygens (including phenoxy) is 2. The van der Waals surface area contributed by atoms with Crippen LogP contribution in [0, 0.1) is 27.2 Å². The molecule has 4 aromatic rings. The van der Waals surface area contributed by atoms with Gasteiger partial charge in [-0.2, -0.15) is 9.59 Å². The zero-order chi connectivity index (χ0) is 42.4. The van der Waals surface area contributed by atoms with E-state index in [9.17, 15) is 29.8 Å². The van der Waals surface area contributed by atoms with Gasteiger partial charge in [0.1, 0.15) is 35.5 Å². The number of nitro benzene ring substituents is 2. The van der Waals surface area contributed by atoms with Crippen LogP contribution in [-0.4, -0.2) is 86.9 Å². The number of aliphatic hydroxyl groups excluding tert-OH is 1. The Morgan fingerprint density at radius 3 is 1.48 bits per heavy atom. The summed E-state index contributed by atoms with van der Waals surface area (Å²) in [7, 11) is 3.08. The molecule has 0 saturated carbocycles. The van der Waals surface area contributed by atoms with Crippen molar-refractivity contribution in [3.05, 3.63) is 115 Å². The van der Waals surface area contributed by atoms with Crippen LogP contribution in [0.5, 0.6) is 0 Å². The standard InChI is InChI=1S/C18H22N4O5.C18H22N4O4.CO2.B.Li.H/c1-18(2,3)27-17(24)21(4)16-9-14(19-11-20-16)8-13-6-5-12(10-23)7-15(13)22(25)26;1-12-6-7-13(15(8-12)22(24)25)9-14-10-16(20-11-19-14)21(5)17(23)26-18(2,3)4;2-1-3;;;/h5-7,9,11,23H,8,10H2,1-4H3;6-8,10-11H,9H2,1-5H3;;;;/q;;;;+1;-1. The minimum atomic E-state index is -0.643. The largest absolute Gasteiger partial charge is 1.00 e. The summed E-state index contributed by atoms with van der Waals surface area (Å²) in [6.07, 6.45) is 2.20. The number of amides is 2. The molecule has 1 N–H and O–H groups in total. The number of nitro groups is 2. The predicted molar refractivity (Wildman–Crippen MR) is 208 cm³/mol. The number of benzene rings is 2. The van der Waals surface area contributed by atoms with Gasteiger partial charge in [-0.15, -0.1) is 0 Å². The Morgan fingerprint density at radius 2 is 1.12 bits per heavy atom. The van der Waals surface area contributed by atoms with Crippen LogP contribution in [-0.2, 0) is 38.5 Å². The fraction of sp³-hybridized carbons (Fsp3) is 0.378. The average Bonchev–Trinajstić information content (AvgIpc) is 3.11. The van der Waals surface area contributed by atoms with Crippen molar-refractivity contribution in [2.45, 2.75) is 79.1 Å². The van der Waals surface area contributed by atoms with Crippen LogP contribution < -0.4 is 28.7 Å². The third-order valence-corrected chi connectivity index (χ3v) is 7.15. The van der Waals surface area contributed by atoms with Crippen molar-refractivity contribution in [3.63, 3.8) is 0 Å². The molecule has 0 aliphatic carbocycles. The van der Waals surface area contributed by atoms with E-state index in [1.807, 2.05) is 6.07 Å². The van der Waals surface area contributed by atoms with E-state index in [1.165, 1.54) is 41.6 Å². The number of aliphatic hydroxyl groups is 1. The van der Waals surface area contributed by atoms with Crippen LogP contribution in [0.15, 0.2) is 61.2 Å². The molecule has 0 fully saturated rings. The SMILES string of the molecule is CN(C(=O)OC(C)(C)C)c1cc(Cc2ccc(CO)cc2[N+](=O)[O-])ncn1.Cc1ccc(Cc2cc(N(C)C(=O)OC(C)(C)C)ncn2)c([N+](=O)[O-])c1.O=C=O.[B].[H-].[Li+]. The zero-order valence-corrected chi connectivity index (χ0v) is 34.1. The molecule has 0 spiro atoms. The van der Waals surface area contributed by atoms with Gasteiger partial charge in [-0.1, -0.05) is 24.3 Å². The van der Waals surface area contributed by atoms with Gasteiger partial charge in [0.15, 0.2) is 0 Å². The smallest absolute Gasteiger partial charge is 1.00 e. The second-order valence-electron chi connectivity index (χ2n) is 14.0. The second-order valence-corrected chi connectivity index (χ2v) is 14.0. The van der Waals surface area contributed by atoms with Crippen LogP contribution in [0.25, 0.3) is 0 Å². The summed E-state index contributed by atoms with van der Waals surface area (Å²) >= 11 is 0. The first-order valence-electron chi connectivity index (χ1n) is 16.7. The Morgan fingerprint density at radius 1 is 0.741 bits per heavy atom. The molecule has 19 nitrogen and oxygen atoms in total. The summed E-state index contributed by atoms with van der Waals surface area (Å²) < 4.78 is 10.6. The van der Waals surface area contributed by atoms with Crippen molar-refractivity contribution in [3.8, 4) is 0 Å². The van der Waals surface area contributed by atoms with Crippen molar-refractivity contribution in [2.24, 2.45) is 0 Å². The normalized spacial score (nSPS) is 10.3. The minimum Gasteiger partial charge on any atom is -1.00 e. The van der Waals surface area contributed by atoms with Crippen LogP contribution >= 0.6 is 0 Å². The molecule has 3 radical (unpaired) electrons. The minimum absolute atomic E-state index is 0. The Labute approximate surface area is 350 Å². The third-order valence-electron chi connectivity index (χ3n) is 7.15. The van der Waals surface area contributed by atoms with Gasteiger partial charge in [-0.25, -0.2) is 29.5 Å². The van der Waals surface area contributed by atoms with Gasteiger partial charge in [0, 0.05) is 70.7 Å². The predicted octanol–water partition coefficient (Wildman–Crippen LogP) is 2.65. The summed E-state index contributed by atoms with van der Waals surface area (Å²) in [5.74, 6) is 0.683. The fourth-order valence-electron chi connectivity index (χ4n) is 4.59. The van der Waals surface area contributed by atoms with Crippen LogP contribution in [0.1, 0.15) is 76.6 Å². The van der Waals surface area contributed by atoms with Gasteiger partial charge < -0.3 is 16.0 Å². The van der Waals surface area contributed by atoms with Crippen LogP contribution in [0.3, 0.4) is 0 Å². The summed E-state index contributed by atoms with van der Waals surface area (Å²) in [5.41, 5.74) is 2.03. The summed E-state index contributed by atoms with van der Waals surface area (Å²) in [4.78, 5) is 81.2. The van der Waals surface area contributed by atoms with Crippen LogP contribution in [0.2, 0.25) is 0 Å². The molecule has 4 rings (SSSR count). The zero-order valence-electron chi connectivity index (χ0n) is 35.1. The molecular formula is C37H45BLiN8O11. The van der Waals surface area contributed by atoms with Crippen molar-refractivity contribution in [1.29, 1.82) is 0 Å². The third kappa shape index (κ3) is 17.0. The number of nitrogens with zero attached hydrogens (tertiary/aromatic N) is 8. The molecule has 0 aliphatic heterocycles. The fourth-order valence-corrected chi connectivity index (χ4v) is 4.59.